The van der Waals surface area contributed by atoms with E-state index in [0.29, 0.717) is 0 Å². The summed E-state index contributed by atoms with van der Waals surface area (Å²) < 4.78 is 28.2. The summed E-state index contributed by atoms with van der Waals surface area (Å²) in [6, 6.07) is 3.70. The quantitative estimate of drug-likeness (QED) is 0.274. The number of carbonyl (C=O) groups excluding carboxylic acids is 1. The molecular formula is C20H15ClF2N6O2S. The second-order valence-corrected chi connectivity index (χ2v) is 7.66. The Morgan fingerprint density at radius 3 is 2.47 bits per heavy atom. The molecule has 32 heavy (non-hydrogen) atoms. The zero-order valence-corrected chi connectivity index (χ0v) is 17.6. The normalized spacial score (nSPS) is 11.5. The number of H-pyrrole nitrogens is 1. The maximum atomic E-state index is 14.1. The summed E-state index contributed by atoms with van der Waals surface area (Å²) >= 11 is 7.13. The van der Waals surface area contributed by atoms with Crippen molar-refractivity contribution in [1.82, 2.24) is 10.3 Å². The molecule has 0 fully saturated rings. The van der Waals surface area contributed by atoms with Gasteiger partial charge in [-0.25, -0.2) is 8.78 Å². The van der Waals surface area contributed by atoms with Crippen LogP contribution in [0.25, 0.3) is 0 Å². The van der Waals surface area contributed by atoms with E-state index in [2.05, 4.69) is 15.6 Å². The van der Waals surface area contributed by atoms with Crippen LogP contribution < -0.4 is 16.2 Å². The number of benzene rings is 1. The lowest BCUT2D eigenvalue weighted by Gasteiger charge is -2.14. The van der Waals surface area contributed by atoms with Gasteiger partial charge in [-0.3, -0.25) is 15.0 Å². The number of nitrogens with one attached hydrogen (secondary N) is 6. The van der Waals surface area contributed by atoms with E-state index in [-0.39, 0.29) is 32.4 Å². The van der Waals surface area contributed by atoms with Crippen LogP contribution in [0.3, 0.4) is 0 Å². The van der Waals surface area contributed by atoms with Crippen molar-refractivity contribution in [3.8, 4) is 0 Å². The Morgan fingerprint density at radius 1 is 1.19 bits per heavy atom. The highest BCUT2D eigenvalue weighted by Gasteiger charge is 2.22. The second kappa shape index (κ2) is 9.62. The number of aromatic nitrogens is 1. The highest BCUT2D eigenvalue weighted by molar-refractivity contribution is 7.12. The molecule has 0 aliphatic carbocycles. The SMILES string of the molecule is N=CC(C=N)NC(=O)c1cc(C(=N)c2c(Nc3c(F)cccc3F)c(Cl)c[nH]c2=O)cs1. The molecule has 0 aliphatic rings. The number of pyridine rings is 1. The van der Waals surface area contributed by atoms with Gasteiger partial charge in [-0.05, 0) is 18.2 Å². The highest BCUT2D eigenvalue weighted by atomic mass is 35.5. The molecule has 0 saturated heterocycles. The highest BCUT2D eigenvalue weighted by Crippen LogP contribution is 2.31. The van der Waals surface area contributed by atoms with Crippen molar-refractivity contribution in [3.63, 3.8) is 0 Å². The van der Waals surface area contributed by atoms with Gasteiger partial charge < -0.3 is 26.4 Å². The van der Waals surface area contributed by atoms with Gasteiger partial charge in [0.15, 0.2) is 0 Å². The van der Waals surface area contributed by atoms with Gasteiger partial charge in [0.1, 0.15) is 17.3 Å². The van der Waals surface area contributed by atoms with Crippen molar-refractivity contribution < 1.29 is 13.6 Å². The fraction of sp³-hybridized carbons (Fsp3) is 0.0500. The summed E-state index contributed by atoms with van der Waals surface area (Å²) in [5, 5.41) is 29.1. The third-order valence-electron chi connectivity index (χ3n) is 4.28. The van der Waals surface area contributed by atoms with E-state index in [1.165, 1.54) is 17.5 Å². The van der Waals surface area contributed by atoms with E-state index >= 15 is 0 Å². The predicted octanol–water partition coefficient (Wildman–Crippen LogP) is 3.93. The monoisotopic (exact) mass is 476 g/mol. The summed E-state index contributed by atoms with van der Waals surface area (Å²) in [6.45, 7) is 0. The van der Waals surface area contributed by atoms with E-state index in [9.17, 15) is 18.4 Å². The van der Waals surface area contributed by atoms with Gasteiger partial charge in [0.25, 0.3) is 11.5 Å². The van der Waals surface area contributed by atoms with E-state index in [1.54, 1.807) is 0 Å². The molecule has 0 aliphatic heterocycles. The van der Waals surface area contributed by atoms with Crippen molar-refractivity contribution in [2.75, 3.05) is 5.32 Å². The molecule has 1 aromatic carbocycles. The first kappa shape index (κ1) is 23.0. The van der Waals surface area contributed by atoms with Crippen molar-refractivity contribution in [1.29, 1.82) is 16.2 Å². The Labute approximate surface area is 188 Å². The average Bonchev–Trinajstić information content (AvgIpc) is 3.27. The van der Waals surface area contributed by atoms with E-state index in [0.717, 1.165) is 42.1 Å². The number of hydrogen-bond donors (Lipinski definition) is 6. The smallest absolute Gasteiger partial charge is 0.262 e. The third-order valence-corrected chi connectivity index (χ3v) is 5.50. The van der Waals surface area contributed by atoms with Gasteiger partial charge in [0.05, 0.1) is 32.9 Å². The van der Waals surface area contributed by atoms with Crippen LogP contribution in [0.4, 0.5) is 20.2 Å². The van der Waals surface area contributed by atoms with Crippen LogP contribution in [0.15, 0.2) is 40.6 Å². The molecular weight excluding hydrogens is 462 g/mol. The molecule has 2 heterocycles. The van der Waals surface area contributed by atoms with E-state index in [4.69, 9.17) is 27.8 Å². The fourth-order valence-corrected chi connectivity index (χ4v) is 3.69. The largest absolute Gasteiger partial charge is 0.349 e. The van der Waals surface area contributed by atoms with Crippen molar-refractivity contribution in [3.05, 3.63) is 78.9 Å². The zero-order valence-electron chi connectivity index (χ0n) is 16.1. The van der Waals surface area contributed by atoms with Crippen molar-refractivity contribution in [2.45, 2.75) is 6.04 Å². The summed E-state index contributed by atoms with van der Waals surface area (Å²) in [5.41, 5.74) is -1.87. The minimum Gasteiger partial charge on any atom is -0.349 e. The third kappa shape index (κ3) is 4.63. The molecule has 0 saturated carbocycles. The Bertz CT molecular complexity index is 1260. The van der Waals surface area contributed by atoms with Crippen LogP contribution in [-0.2, 0) is 0 Å². The number of para-hydroxylation sites is 1. The molecule has 0 bridgehead atoms. The second-order valence-electron chi connectivity index (χ2n) is 6.34. The number of carbonyl (C=O) groups is 1. The molecule has 164 valence electrons. The number of halogens is 3. The molecule has 0 atom stereocenters. The van der Waals surface area contributed by atoms with Crippen LogP contribution in [0, 0.1) is 27.9 Å². The van der Waals surface area contributed by atoms with Gasteiger partial charge >= 0.3 is 0 Å². The molecule has 0 unspecified atom stereocenters. The van der Waals surface area contributed by atoms with Gasteiger partial charge in [-0.2, -0.15) is 0 Å². The standard InChI is InChI=1S/C20H15ClF2N6O2S/c21-11-7-27-20(31)15(17(11)29-18-12(22)2-1-3-13(18)23)16(26)9-4-14(32-8-9)19(30)28-10(5-24)6-25/h1-8,10,24-26H,(H,28,30)(H2,27,29,31). The molecule has 0 spiro atoms. The van der Waals surface area contributed by atoms with Gasteiger partial charge in [0.2, 0.25) is 0 Å². The molecule has 2 aromatic heterocycles. The van der Waals surface area contributed by atoms with E-state index < -0.39 is 34.8 Å². The molecule has 0 radical (unpaired) electrons. The molecule has 3 aromatic rings. The lowest BCUT2D eigenvalue weighted by atomic mass is 10.0. The lowest BCUT2D eigenvalue weighted by Crippen LogP contribution is -2.36. The Hall–Kier alpha value is -3.70. The van der Waals surface area contributed by atoms with Crippen LogP contribution in [0.2, 0.25) is 5.02 Å². The number of thiophene rings is 1. The summed E-state index contributed by atoms with van der Waals surface area (Å²) in [4.78, 5) is 27.3. The summed E-state index contributed by atoms with van der Waals surface area (Å²) in [7, 11) is 0. The number of rotatable bonds is 8. The molecule has 8 nitrogen and oxygen atoms in total. The summed E-state index contributed by atoms with van der Waals surface area (Å²) in [5.74, 6) is -2.40. The maximum absolute atomic E-state index is 14.1. The summed E-state index contributed by atoms with van der Waals surface area (Å²) in [6.07, 6.45) is 2.89. The number of amides is 1. The number of hydrogen-bond acceptors (Lipinski definition) is 7. The first-order valence-electron chi connectivity index (χ1n) is 8.89. The average molecular weight is 477 g/mol. The van der Waals surface area contributed by atoms with Crippen LogP contribution in [0.1, 0.15) is 20.8 Å². The number of aromatic amines is 1. The van der Waals surface area contributed by atoms with Crippen molar-refractivity contribution >= 4 is 58.4 Å². The first-order valence-corrected chi connectivity index (χ1v) is 10.1. The number of anilines is 2. The van der Waals surface area contributed by atoms with Crippen LogP contribution in [-0.4, -0.2) is 35.1 Å². The Balaban J connectivity index is 1.99. The minimum atomic E-state index is -0.916. The molecule has 12 heteroatoms. The fourth-order valence-electron chi connectivity index (χ4n) is 2.69. The molecule has 1 amide bonds. The van der Waals surface area contributed by atoms with Crippen molar-refractivity contribution in [2.24, 2.45) is 0 Å². The van der Waals surface area contributed by atoms with Gasteiger partial charge in [-0.1, -0.05) is 17.7 Å². The van der Waals surface area contributed by atoms with Gasteiger partial charge in [-0.15, -0.1) is 11.3 Å². The molecule has 6 N–H and O–H groups in total. The van der Waals surface area contributed by atoms with Gasteiger partial charge in [0, 0.05) is 29.6 Å². The van der Waals surface area contributed by atoms with Crippen LogP contribution >= 0.6 is 22.9 Å². The predicted molar refractivity (Wildman–Crippen MR) is 121 cm³/mol. The molecule has 3 rings (SSSR count). The first-order chi connectivity index (χ1) is 15.3. The minimum absolute atomic E-state index is 0.0833. The topological polar surface area (TPSA) is 146 Å². The Kier molecular flexibility index (Phi) is 6.91. The Morgan fingerprint density at radius 2 is 1.84 bits per heavy atom. The maximum Gasteiger partial charge on any atom is 0.262 e. The lowest BCUT2D eigenvalue weighted by molar-refractivity contribution is 0.0959. The van der Waals surface area contributed by atoms with Crippen LogP contribution in [0.5, 0.6) is 0 Å². The van der Waals surface area contributed by atoms with E-state index in [1.807, 2.05) is 0 Å². The zero-order chi connectivity index (χ0) is 23.4.